The maximum absolute atomic E-state index is 12.7. The molecule has 1 amide bonds. The number of aromatic amines is 1. The summed E-state index contributed by atoms with van der Waals surface area (Å²) in [6, 6.07) is 13.5. The summed E-state index contributed by atoms with van der Waals surface area (Å²) in [5.74, 6) is 2.17. The zero-order valence-corrected chi connectivity index (χ0v) is 18.0. The second kappa shape index (κ2) is 7.92. The minimum Gasteiger partial charge on any atom is -0.497 e. The van der Waals surface area contributed by atoms with Crippen LogP contribution >= 0.6 is 0 Å². The van der Waals surface area contributed by atoms with Gasteiger partial charge in [-0.25, -0.2) is 0 Å². The van der Waals surface area contributed by atoms with E-state index in [0.29, 0.717) is 11.7 Å². The minimum atomic E-state index is -0.0327. The standard InChI is InChI=1S/C23H24N6O3/c1-29-12-20(23(28-29)32-3)25-21-16-9-4-13(10-19(16)26-27-21)17-11-18(17)22(30)24-14-5-7-15(31-2)8-6-14/h4-10,12,17-18H,11H2,1-3H3,(H,24,30)(H2,25,26,27)/t17-,18?/m0/s1. The van der Waals surface area contributed by atoms with Gasteiger partial charge in [-0.2, -0.15) is 5.10 Å². The van der Waals surface area contributed by atoms with Crippen molar-refractivity contribution in [2.75, 3.05) is 24.9 Å². The van der Waals surface area contributed by atoms with Crippen LogP contribution in [-0.2, 0) is 11.8 Å². The zero-order chi connectivity index (χ0) is 22.2. The molecular formula is C23H24N6O3. The highest BCUT2D eigenvalue weighted by Crippen LogP contribution is 2.48. The van der Waals surface area contributed by atoms with Gasteiger partial charge < -0.3 is 20.1 Å². The van der Waals surface area contributed by atoms with E-state index in [1.807, 2.05) is 43.6 Å². The Morgan fingerprint density at radius 3 is 2.72 bits per heavy atom. The van der Waals surface area contributed by atoms with E-state index >= 15 is 0 Å². The smallest absolute Gasteiger partial charge is 0.256 e. The zero-order valence-electron chi connectivity index (χ0n) is 18.0. The number of H-pyrrole nitrogens is 1. The fourth-order valence-electron chi connectivity index (χ4n) is 3.96. The minimum absolute atomic E-state index is 0.0327. The van der Waals surface area contributed by atoms with Crippen LogP contribution in [-0.4, -0.2) is 40.1 Å². The molecular weight excluding hydrogens is 408 g/mol. The lowest BCUT2D eigenvalue weighted by Gasteiger charge is -2.06. The molecule has 2 aromatic carbocycles. The van der Waals surface area contributed by atoms with Gasteiger partial charge in [0.2, 0.25) is 5.91 Å². The summed E-state index contributed by atoms with van der Waals surface area (Å²) in [4.78, 5) is 12.7. The van der Waals surface area contributed by atoms with Crippen LogP contribution in [0.4, 0.5) is 17.2 Å². The maximum atomic E-state index is 12.7. The number of anilines is 3. The van der Waals surface area contributed by atoms with E-state index in [0.717, 1.165) is 40.0 Å². The van der Waals surface area contributed by atoms with E-state index in [-0.39, 0.29) is 17.7 Å². The predicted octanol–water partition coefficient (Wildman–Crippen LogP) is 3.80. The summed E-state index contributed by atoms with van der Waals surface area (Å²) in [6.45, 7) is 0. The van der Waals surface area contributed by atoms with E-state index in [2.05, 4.69) is 38.1 Å². The maximum Gasteiger partial charge on any atom is 0.256 e. The van der Waals surface area contributed by atoms with Crippen LogP contribution < -0.4 is 20.1 Å². The van der Waals surface area contributed by atoms with Crippen LogP contribution in [0, 0.1) is 5.92 Å². The second-order valence-corrected chi connectivity index (χ2v) is 7.89. The number of benzene rings is 2. The summed E-state index contributed by atoms with van der Waals surface area (Å²) in [5.41, 5.74) is 3.55. The summed E-state index contributed by atoms with van der Waals surface area (Å²) < 4.78 is 12.1. The number of methoxy groups -OCH3 is 2. The normalized spacial score (nSPS) is 17.2. The van der Waals surface area contributed by atoms with Crippen molar-refractivity contribution < 1.29 is 14.3 Å². The first-order chi connectivity index (χ1) is 15.6. The van der Waals surface area contributed by atoms with Crippen LogP contribution in [0.3, 0.4) is 0 Å². The fraction of sp³-hybridized carbons (Fsp3) is 0.261. The van der Waals surface area contributed by atoms with Gasteiger partial charge in [0.05, 0.1) is 25.9 Å². The van der Waals surface area contributed by atoms with Crippen LogP contribution in [0.25, 0.3) is 10.9 Å². The molecule has 32 heavy (non-hydrogen) atoms. The third-order valence-corrected chi connectivity index (χ3v) is 5.74. The Kier molecular flexibility index (Phi) is 4.93. The van der Waals surface area contributed by atoms with E-state index in [1.165, 1.54) is 0 Å². The van der Waals surface area contributed by atoms with E-state index in [9.17, 15) is 4.79 Å². The molecule has 2 aromatic heterocycles. The highest BCUT2D eigenvalue weighted by atomic mass is 16.5. The van der Waals surface area contributed by atoms with Crippen LogP contribution in [0.15, 0.2) is 48.7 Å². The van der Waals surface area contributed by atoms with E-state index < -0.39 is 0 Å². The summed E-state index contributed by atoms with van der Waals surface area (Å²) in [5, 5.41) is 18.9. The third kappa shape index (κ3) is 3.73. The van der Waals surface area contributed by atoms with Crippen molar-refractivity contribution in [1.82, 2.24) is 20.0 Å². The molecule has 164 valence electrons. The Hall–Kier alpha value is -4.01. The molecule has 4 aromatic rings. The van der Waals surface area contributed by atoms with Crippen LogP contribution in [0.2, 0.25) is 0 Å². The molecule has 3 N–H and O–H groups in total. The Morgan fingerprint density at radius 2 is 1.97 bits per heavy atom. The Labute approximate surface area is 184 Å². The highest BCUT2D eigenvalue weighted by molar-refractivity contribution is 5.96. The van der Waals surface area contributed by atoms with Gasteiger partial charge >= 0.3 is 0 Å². The van der Waals surface area contributed by atoms with E-state index in [4.69, 9.17) is 9.47 Å². The molecule has 1 aliphatic carbocycles. The first-order valence-corrected chi connectivity index (χ1v) is 10.3. The third-order valence-electron chi connectivity index (χ3n) is 5.74. The van der Waals surface area contributed by atoms with Crippen molar-refractivity contribution in [2.24, 2.45) is 13.0 Å². The molecule has 0 saturated heterocycles. The Morgan fingerprint density at radius 1 is 1.16 bits per heavy atom. The molecule has 9 nitrogen and oxygen atoms in total. The molecule has 1 saturated carbocycles. The van der Waals surface area contributed by atoms with Crippen molar-refractivity contribution in [2.45, 2.75) is 12.3 Å². The number of carbonyl (C=O) groups is 1. The lowest BCUT2D eigenvalue weighted by molar-refractivity contribution is -0.117. The molecule has 1 unspecified atom stereocenters. The molecule has 1 fully saturated rings. The number of amides is 1. The van der Waals surface area contributed by atoms with Crippen molar-refractivity contribution in [1.29, 1.82) is 0 Å². The molecule has 5 rings (SSSR count). The van der Waals surface area contributed by atoms with E-state index in [1.54, 1.807) is 18.9 Å². The van der Waals surface area contributed by atoms with Gasteiger partial charge in [0, 0.05) is 24.0 Å². The molecule has 9 heteroatoms. The number of fused-ring (bicyclic) bond motifs is 1. The Bertz CT molecular complexity index is 1280. The largest absolute Gasteiger partial charge is 0.497 e. The van der Waals surface area contributed by atoms with Gasteiger partial charge in [-0.3, -0.25) is 14.6 Å². The first kappa shape index (κ1) is 19.9. The summed E-state index contributed by atoms with van der Waals surface area (Å²) in [7, 11) is 5.03. The lowest BCUT2D eigenvalue weighted by atomic mass is 10.1. The Balaban J connectivity index is 1.28. The van der Waals surface area contributed by atoms with Gasteiger partial charge in [0.25, 0.3) is 5.88 Å². The van der Waals surface area contributed by atoms with Crippen molar-refractivity contribution in [3.8, 4) is 11.6 Å². The number of rotatable bonds is 7. The number of hydrogen-bond donors (Lipinski definition) is 3. The van der Waals surface area contributed by atoms with Crippen molar-refractivity contribution in [3.63, 3.8) is 0 Å². The highest BCUT2D eigenvalue weighted by Gasteiger charge is 2.44. The first-order valence-electron chi connectivity index (χ1n) is 10.3. The van der Waals surface area contributed by atoms with Gasteiger partial charge in [-0.1, -0.05) is 6.07 Å². The second-order valence-electron chi connectivity index (χ2n) is 7.89. The number of aromatic nitrogens is 4. The van der Waals surface area contributed by atoms with Crippen molar-refractivity contribution >= 4 is 34.0 Å². The average molecular weight is 432 g/mol. The number of hydrogen-bond acceptors (Lipinski definition) is 6. The summed E-state index contributed by atoms with van der Waals surface area (Å²) >= 11 is 0. The number of nitrogens with one attached hydrogen (secondary N) is 3. The van der Waals surface area contributed by atoms with Crippen molar-refractivity contribution in [3.05, 3.63) is 54.2 Å². The number of nitrogens with zero attached hydrogens (tertiary/aromatic N) is 3. The molecule has 0 radical (unpaired) electrons. The number of aryl methyl sites for hydroxylation is 1. The van der Waals surface area contributed by atoms with Crippen LogP contribution in [0.5, 0.6) is 11.6 Å². The molecule has 2 atom stereocenters. The molecule has 0 bridgehead atoms. The quantitative estimate of drug-likeness (QED) is 0.410. The molecule has 2 heterocycles. The van der Waals surface area contributed by atoms with Crippen LogP contribution in [0.1, 0.15) is 17.9 Å². The lowest BCUT2D eigenvalue weighted by Crippen LogP contribution is -2.14. The predicted molar refractivity (Wildman–Crippen MR) is 122 cm³/mol. The molecule has 0 spiro atoms. The summed E-state index contributed by atoms with van der Waals surface area (Å²) in [6.07, 6.45) is 2.67. The monoisotopic (exact) mass is 432 g/mol. The fourth-order valence-corrected chi connectivity index (χ4v) is 3.96. The number of carbonyl (C=O) groups excluding carboxylic acids is 1. The van der Waals surface area contributed by atoms with Gasteiger partial charge in [0.15, 0.2) is 5.82 Å². The molecule has 1 aliphatic rings. The van der Waals surface area contributed by atoms with Gasteiger partial charge in [-0.05, 0) is 54.3 Å². The SMILES string of the molecule is COc1ccc(NC(=O)C2C[C@H]2c2ccc3c(Nc4cn(C)nc4OC)n[nH]c3c2)cc1. The topological polar surface area (TPSA) is 106 Å². The number of ether oxygens (including phenoxy) is 2. The van der Waals surface area contributed by atoms with Gasteiger partial charge in [-0.15, -0.1) is 5.10 Å². The average Bonchev–Trinajstić information content (AvgIpc) is 3.40. The molecule has 0 aliphatic heterocycles. The van der Waals surface area contributed by atoms with Gasteiger partial charge in [0.1, 0.15) is 11.4 Å².